The van der Waals surface area contributed by atoms with Crippen molar-refractivity contribution >= 4 is 6.03 Å². The lowest BCUT2D eigenvalue weighted by Gasteiger charge is -2.31. The second kappa shape index (κ2) is 7.21. The number of ether oxygens (including phenoxy) is 1. The monoisotopic (exact) mass is 318 g/mol. The van der Waals surface area contributed by atoms with Crippen molar-refractivity contribution in [2.75, 3.05) is 13.2 Å². The Kier molecular flexibility index (Phi) is 5.06. The molecule has 0 spiro atoms. The summed E-state index contributed by atoms with van der Waals surface area (Å²) >= 11 is 0. The summed E-state index contributed by atoms with van der Waals surface area (Å²) in [7, 11) is 0. The van der Waals surface area contributed by atoms with Gasteiger partial charge in [-0.2, -0.15) is 0 Å². The van der Waals surface area contributed by atoms with Gasteiger partial charge in [0.25, 0.3) is 0 Å². The maximum atomic E-state index is 12.3. The van der Waals surface area contributed by atoms with Crippen LogP contribution in [-0.2, 0) is 0 Å². The zero-order valence-corrected chi connectivity index (χ0v) is 13.6. The van der Waals surface area contributed by atoms with Gasteiger partial charge in [0.2, 0.25) is 0 Å². The summed E-state index contributed by atoms with van der Waals surface area (Å²) in [5.41, 5.74) is 1.16. The van der Waals surface area contributed by atoms with Crippen LogP contribution in [0.3, 0.4) is 0 Å². The average molecular weight is 318 g/mol. The Labute approximate surface area is 137 Å². The zero-order chi connectivity index (χ0) is 16.2. The summed E-state index contributed by atoms with van der Waals surface area (Å²) < 4.78 is 5.69. The van der Waals surface area contributed by atoms with Gasteiger partial charge in [-0.1, -0.05) is 31.0 Å². The average Bonchev–Trinajstić information content (AvgIpc) is 2.99. The highest BCUT2D eigenvalue weighted by Crippen LogP contribution is 2.35. The Morgan fingerprint density at radius 3 is 2.96 bits per heavy atom. The van der Waals surface area contributed by atoms with Crippen LogP contribution in [0.5, 0.6) is 5.75 Å². The van der Waals surface area contributed by atoms with Gasteiger partial charge in [0, 0.05) is 36.1 Å². The van der Waals surface area contributed by atoms with Crippen LogP contribution < -0.4 is 15.4 Å². The molecule has 0 saturated heterocycles. The maximum absolute atomic E-state index is 12.3. The standard InChI is InChI=1S/C18H26N2O3/c1-12(15-11-23-17-9-5-3-7-14(15)17)19-18(22)20-16-8-4-2-6-13(16)10-21/h3,5,7,9,12-13,15-16,21H,2,4,6,8,10-11H2,1H3,(H2,19,20,22). The summed E-state index contributed by atoms with van der Waals surface area (Å²) in [6, 6.07) is 7.92. The van der Waals surface area contributed by atoms with Crippen molar-refractivity contribution in [2.24, 2.45) is 5.92 Å². The fraction of sp³-hybridized carbons (Fsp3) is 0.611. The molecule has 3 N–H and O–H groups in total. The van der Waals surface area contributed by atoms with E-state index in [2.05, 4.69) is 16.7 Å². The molecule has 4 atom stereocenters. The summed E-state index contributed by atoms with van der Waals surface area (Å²) in [6.45, 7) is 2.76. The molecule has 1 aliphatic carbocycles. The number of rotatable bonds is 4. The molecule has 1 fully saturated rings. The quantitative estimate of drug-likeness (QED) is 0.798. The van der Waals surface area contributed by atoms with Crippen LogP contribution in [0.4, 0.5) is 4.79 Å². The van der Waals surface area contributed by atoms with Crippen molar-refractivity contribution in [2.45, 2.75) is 50.6 Å². The lowest BCUT2D eigenvalue weighted by Crippen LogP contribution is -2.50. The minimum atomic E-state index is -0.146. The molecule has 3 rings (SSSR count). The number of hydrogen-bond donors (Lipinski definition) is 3. The van der Waals surface area contributed by atoms with Crippen LogP contribution in [-0.4, -0.2) is 36.4 Å². The zero-order valence-electron chi connectivity index (χ0n) is 13.6. The van der Waals surface area contributed by atoms with Gasteiger partial charge < -0.3 is 20.5 Å². The van der Waals surface area contributed by atoms with E-state index in [0.29, 0.717) is 6.61 Å². The Balaban J connectivity index is 1.56. The SMILES string of the molecule is CC(NC(=O)NC1CCCCC1CO)C1COc2ccccc21. The van der Waals surface area contributed by atoms with Gasteiger partial charge in [-0.3, -0.25) is 0 Å². The summed E-state index contributed by atoms with van der Waals surface area (Å²) in [5.74, 6) is 1.27. The molecule has 5 nitrogen and oxygen atoms in total. The highest BCUT2D eigenvalue weighted by atomic mass is 16.5. The molecule has 5 heteroatoms. The first-order valence-corrected chi connectivity index (χ1v) is 8.58. The van der Waals surface area contributed by atoms with Crippen molar-refractivity contribution in [1.82, 2.24) is 10.6 Å². The second-order valence-corrected chi connectivity index (χ2v) is 6.70. The van der Waals surface area contributed by atoms with Crippen molar-refractivity contribution in [3.05, 3.63) is 29.8 Å². The van der Waals surface area contributed by atoms with Crippen molar-refractivity contribution in [1.29, 1.82) is 0 Å². The van der Waals surface area contributed by atoms with E-state index in [-0.39, 0.29) is 36.6 Å². The fourth-order valence-corrected chi connectivity index (χ4v) is 3.73. The number of hydrogen-bond acceptors (Lipinski definition) is 3. The van der Waals surface area contributed by atoms with Gasteiger partial charge in [0.05, 0.1) is 6.61 Å². The van der Waals surface area contributed by atoms with E-state index in [4.69, 9.17) is 4.74 Å². The highest BCUT2D eigenvalue weighted by Gasteiger charge is 2.31. The van der Waals surface area contributed by atoms with Crippen LogP contribution in [0.2, 0.25) is 0 Å². The molecule has 1 aliphatic heterocycles. The number of aliphatic hydroxyl groups is 1. The molecule has 2 aliphatic rings. The molecule has 1 heterocycles. The Bertz CT molecular complexity index is 549. The van der Waals surface area contributed by atoms with Crippen LogP contribution in [0.15, 0.2) is 24.3 Å². The molecular weight excluding hydrogens is 292 g/mol. The molecule has 23 heavy (non-hydrogen) atoms. The first-order chi connectivity index (χ1) is 11.2. The van der Waals surface area contributed by atoms with Crippen molar-refractivity contribution in [3.63, 3.8) is 0 Å². The minimum absolute atomic E-state index is 0.00480. The van der Waals surface area contributed by atoms with Crippen LogP contribution in [0, 0.1) is 5.92 Å². The number of para-hydroxylation sites is 1. The van der Waals surface area contributed by atoms with Gasteiger partial charge in [-0.25, -0.2) is 4.79 Å². The molecule has 126 valence electrons. The summed E-state index contributed by atoms with van der Waals surface area (Å²) in [6.07, 6.45) is 4.18. The summed E-state index contributed by atoms with van der Waals surface area (Å²) in [5, 5.41) is 15.5. The molecule has 0 radical (unpaired) electrons. The van der Waals surface area contributed by atoms with Gasteiger partial charge >= 0.3 is 6.03 Å². The van der Waals surface area contributed by atoms with E-state index in [1.165, 1.54) is 0 Å². The summed E-state index contributed by atoms with van der Waals surface area (Å²) in [4.78, 5) is 12.3. The number of amides is 2. The molecule has 0 aromatic heterocycles. The predicted octanol–water partition coefficient (Wildman–Crippen LogP) is 2.40. The van der Waals surface area contributed by atoms with E-state index in [1.807, 2.05) is 25.1 Å². The third-order valence-corrected chi connectivity index (χ3v) is 5.16. The van der Waals surface area contributed by atoms with E-state index >= 15 is 0 Å². The van der Waals surface area contributed by atoms with Crippen molar-refractivity contribution in [3.8, 4) is 5.75 Å². The van der Waals surface area contributed by atoms with E-state index in [1.54, 1.807) is 0 Å². The molecule has 2 amide bonds. The van der Waals surface area contributed by atoms with Gasteiger partial charge in [0.15, 0.2) is 0 Å². The van der Waals surface area contributed by atoms with Crippen LogP contribution in [0.1, 0.15) is 44.1 Å². The Morgan fingerprint density at radius 2 is 2.13 bits per heavy atom. The lowest BCUT2D eigenvalue weighted by molar-refractivity contribution is 0.153. The molecule has 0 bridgehead atoms. The number of nitrogens with one attached hydrogen (secondary N) is 2. The van der Waals surface area contributed by atoms with Gasteiger partial charge in [0.1, 0.15) is 5.75 Å². The predicted molar refractivity (Wildman–Crippen MR) is 88.6 cm³/mol. The van der Waals surface area contributed by atoms with Crippen LogP contribution >= 0.6 is 0 Å². The number of urea groups is 1. The second-order valence-electron chi connectivity index (χ2n) is 6.70. The fourth-order valence-electron chi connectivity index (χ4n) is 3.73. The normalized spacial score (nSPS) is 27.7. The van der Waals surface area contributed by atoms with E-state index in [0.717, 1.165) is 37.0 Å². The topological polar surface area (TPSA) is 70.6 Å². The smallest absolute Gasteiger partial charge is 0.315 e. The first-order valence-electron chi connectivity index (χ1n) is 8.58. The van der Waals surface area contributed by atoms with E-state index in [9.17, 15) is 9.90 Å². The first kappa shape index (κ1) is 16.1. The van der Waals surface area contributed by atoms with Crippen LogP contribution in [0.25, 0.3) is 0 Å². The van der Waals surface area contributed by atoms with Gasteiger partial charge in [-0.15, -0.1) is 0 Å². The van der Waals surface area contributed by atoms with Crippen molar-refractivity contribution < 1.29 is 14.6 Å². The van der Waals surface area contributed by atoms with Gasteiger partial charge in [-0.05, 0) is 25.8 Å². The maximum Gasteiger partial charge on any atom is 0.315 e. The number of carbonyl (C=O) groups excluding carboxylic acids is 1. The third-order valence-electron chi connectivity index (χ3n) is 5.16. The number of carbonyl (C=O) groups is 1. The third kappa shape index (κ3) is 3.61. The Morgan fingerprint density at radius 1 is 1.35 bits per heavy atom. The Hall–Kier alpha value is -1.75. The largest absolute Gasteiger partial charge is 0.493 e. The number of fused-ring (bicyclic) bond motifs is 1. The van der Waals surface area contributed by atoms with E-state index < -0.39 is 0 Å². The number of benzene rings is 1. The molecule has 1 aromatic carbocycles. The number of aliphatic hydroxyl groups excluding tert-OH is 1. The highest BCUT2D eigenvalue weighted by molar-refractivity contribution is 5.74. The molecular formula is C18H26N2O3. The molecule has 1 aromatic rings. The minimum Gasteiger partial charge on any atom is -0.493 e. The lowest BCUT2D eigenvalue weighted by atomic mass is 9.85. The molecule has 1 saturated carbocycles. The molecule has 4 unspecified atom stereocenters.